The van der Waals surface area contributed by atoms with Crippen molar-refractivity contribution in [2.24, 2.45) is 0 Å². The first-order chi connectivity index (χ1) is 11.5. The molecule has 0 amide bonds. The fourth-order valence-corrected chi connectivity index (χ4v) is 4.63. The van der Waals surface area contributed by atoms with Crippen LogP contribution in [0.25, 0.3) is 0 Å². The molecule has 136 valence electrons. The number of quaternary nitrogens is 1. The Kier molecular flexibility index (Phi) is 5.09. The Balaban J connectivity index is 2.77. The summed E-state index contributed by atoms with van der Waals surface area (Å²) in [6, 6.07) is 9.72. The van der Waals surface area contributed by atoms with E-state index < -0.39 is 23.0 Å². The van der Waals surface area contributed by atoms with Crippen LogP contribution in [0.3, 0.4) is 0 Å². The number of nitrogens with zero attached hydrogens (tertiary/aromatic N) is 1. The van der Waals surface area contributed by atoms with E-state index in [1.54, 1.807) is 0 Å². The van der Waals surface area contributed by atoms with Gasteiger partial charge in [-0.15, -0.1) is 0 Å². The molecule has 0 bridgehead atoms. The van der Waals surface area contributed by atoms with E-state index in [1.165, 1.54) is 0 Å². The molecule has 1 fully saturated rings. The minimum atomic E-state index is -1.22. The second-order valence-corrected chi connectivity index (χ2v) is 8.10. The summed E-state index contributed by atoms with van der Waals surface area (Å²) in [6.07, 6.45) is 3.57. The predicted octanol–water partition coefficient (Wildman–Crippen LogP) is 3.80. The number of benzene rings is 1. The molecule has 0 aliphatic carbocycles. The third-order valence-corrected chi connectivity index (χ3v) is 5.80. The Morgan fingerprint density at radius 3 is 2.00 bits per heavy atom. The van der Waals surface area contributed by atoms with Gasteiger partial charge in [-0.2, -0.15) is 0 Å². The van der Waals surface area contributed by atoms with Gasteiger partial charge in [0.1, 0.15) is 6.54 Å². The molecule has 5 heteroatoms. The third kappa shape index (κ3) is 3.33. The van der Waals surface area contributed by atoms with E-state index in [0.717, 1.165) is 30.9 Å². The van der Waals surface area contributed by atoms with E-state index >= 15 is 0 Å². The number of carboxylic acids is 2. The monoisotopic (exact) mass is 346 g/mol. The van der Waals surface area contributed by atoms with E-state index in [4.69, 9.17) is 0 Å². The van der Waals surface area contributed by atoms with Crippen molar-refractivity contribution < 1.29 is 24.3 Å². The van der Waals surface area contributed by atoms with Crippen molar-refractivity contribution in [2.45, 2.75) is 64.6 Å². The number of piperidine rings is 1. The van der Waals surface area contributed by atoms with Crippen molar-refractivity contribution in [1.29, 1.82) is 0 Å². The van der Waals surface area contributed by atoms with Crippen LogP contribution in [0.15, 0.2) is 42.1 Å². The van der Waals surface area contributed by atoms with Crippen LogP contribution in [-0.2, 0) is 16.1 Å². The largest absolute Gasteiger partial charge is 0.478 e. The Morgan fingerprint density at radius 2 is 1.56 bits per heavy atom. The number of hydrogen-bond acceptors (Lipinski definition) is 2. The Bertz CT molecular complexity index is 673. The summed E-state index contributed by atoms with van der Waals surface area (Å²) < 4.78 is 0.117. The molecule has 1 aliphatic rings. The molecule has 1 aliphatic heterocycles. The van der Waals surface area contributed by atoms with Crippen molar-refractivity contribution in [1.82, 2.24) is 0 Å². The zero-order valence-electron chi connectivity index (χ0n) is 15.5. The number of rotatable bonds is 5. The lowest BCUT2D eigenvalue weighted by Gasteiger charge is -2.61. The molecule has 2 rings (SSSR count). The molecule has 1 heterocycles. The highest BCUT2D eigenvalue weighted by Gasteiger charge is 2.60. The van der Waals surface area contributed by atoms with Gasteiger partial charge in [0.25, 0.3) is 0 Å². The maximum absolute atomic E-state index is 12.2. The minimum absolute atomic E-state index is 0.0500. The number of carboxylic acid groups (broad SMARTS) is 2. The van der Waals surface area contributed by atoms with Crippen molar-refractivity contribution in [3.63, 3.8) is 0 Å². The van der Waals surface area contributed by atoms with E-state index in [0.29, 0.717) is 6.54 Å². The standard InChI is InChI=1S/C20H27NO4/c1-19(2)11-8-12-20(3,4)21(19,14-15-9-6-5-7-10-15)16(18(24)25)13-17(22)23/h5-7,9-10,13H,8,11-12,14H2,1-4H3,(H-,22,23,24,25)/p+1/b16-13+. The molecule has 0 spiro atoms. The fourth-order valence-electron chi connectivity index (χ4n) is 4.63. The van der Waals surface area contributed by atoms with Crippen LogP contribution in [0, 0.1) is 0 Å². The quantitative estimate of drug-likeness (QED) is 0.628. The first-order valence-corrected chi connectivity index (χ1v) is 8.64. The fraction of sp³-hybridized carbons (Fsp3) is 0.500. The minimum Gasteiger partial charge on any atom is -0.478 e. The molecular formula is C20H28NO4+. The first kappa shape index (κ1) is 19.2. The van der Waals surface area contributed by atoms with E-state index in [1.807, 2.05) is 30.3 Å². The van der Waals surface area contributed by atoms with Gasteiger partial charge in [-0.05, 0) is 34.1 Å². The molecular weight excluding hydrogens is 318 g/mol. The Morgan fingerprint density at radius 1 is 1.04 bits per heavy atom. The van der Waals surface area contributed by atoms with Crippen molar-refractivity contribution in [3.05, 3.63) is 47.7 Å². The zero-order chi connectivity index (χ0) is 18.9. The number of likely N-dealkylation sites (tertiary alicyclic amines) is 1. The second kappa shape index (κ2) is 6.64. The number of hydrogen-bond donors (Lipinski definition) is 2. The lowest BCUT2D eigenvalue weighted by Crippen LogP contribution is -2.72. The molecule has 0 atom stereocenters. The normalized spacial score (nSPS) is 21.5. The molecule has 0 unspecified atom stereocenters. The van der Waals surface area contributed by atoms with Crippen LogP contribution in [0.5, 0.6) is 0 Å². The number of aliphatic carboxylic acids is 2. The van der Waals surface area contributed by atoms with Gasteiger partial charge in [-0.3, -0.25) is 4.48 Å². The molecule has 25 heavy (non-hydrogen) atoms. The molecule has 0 saturated carbocycles. The third-order valence-electron chi connectivity index (χ3n) is 5.80. The van der Waals surface area contributed by atoms with Crippen LogP contribution in [-0.4, -0.2) is 37.7 Å². The van der Waals surface area contributed by atoms with Crippen LogP contribution < -0.4 is 0 Å². The average molecular weight is 346 g/mol. The molecule has 2 N–H and O–H groups in total. The van der Waals surface area contributed by atoms with E-state index in [2.05, 4.69) is 27.7 Å². The molecule has 1 saturated heterocycles. The summed E-state index contributed by atoms with van der Waals surface area (Å²) in [5.74, 6) is -2.39. The smallest absolute Gasteiger partial charge is 0.390 e. The second-order valence-electron chi connectivity index (χ2n) is 8.10. The highest BCUT2D eigenvalue weighted by molar-refractivity contribution is 5.93. The highest BCUT2D eigenvalue weighted by atomic mass is 16.4. The van der Waals surface area contributed by atoms with Gasteiger partial charge in [0, 0.05) is 18.4 Å². The summed E-state index contributed by atoms with van der Waals surface area (Å²) >= 11 is 0. The maximum atomic E-state index is 12.2. The van der Waals surface area contributed by atoms with Crippen LogP contribution in [0.2, 0.25) is 0 Å². The van der Waals surface area contributed by atoms with Gasteiger partial charge in [-0.1, -0.05) is 30.3 Å². The van der Waals surface area contributed by atoms with Gasteiger partial charge in [0.05, 0.1) is 17.2 Å². The summed E-state index contributed by atoms with van der Waals surface area (Å²) in [5, 5.41) is 19.3. The van der Waals surface area contributed by atoms with Crippen LogP contribution in [0.1, 0.15) is 52.5 Å². The Hall–Kier alpha value is -2.14. The maximum Gasteiger partial charge on any atom is 0.390 e. The molecule has 1 aromatic rings. The predicted molar refractivity (Wildman–Crippen MR) is 95.8 cm³/mol. The van der Waals surface area contributed by atoms with Crippen LogP contribution in [0.4, 0.5) is 0 Å². The summed E-state index contributed by atoms with van der Waals surface area (Å²) in [7, 11) is 0. The molecule has 0 aromatic heterocycles. The van der Waals surface area contributed by atoms with Crippen molar-refractivity contribution in [2.75, 3.05) is 0 Å². The SMILES string of the molecule is CC1(C)CCCC(C)(C)[N+]1(Cc1ccccc1)/C(=C/C(=O)O)C(=O)O. The average Bonchev–Trinajstić information content (AvgIpc) is 2.49. The Labute approximate surface area is 149 Å². The summed E-state index contributed by atoms with van der Waals surface area (Å²) in [5.41, 5.74) is 0.142. The van der Waals surface area contributed by atoms with Crippen molar-refractivity contribution in [3.8, 4) is 0 Å². The molecule has 5 nitrogen and oxygen atoms in total. The van der Waals surface area contributed by atoms with Gasteiger partial charge >= 0.3 is 11.9 Å². The van der Waals surface area contributed by atoms with Gasteiger partial charge < -0.3 is 10.2 Å². The van der Waals surface area contributed by atoms with Gasteiger partial charge in [0.15, 0.2) is 0 Å². The van der Waals surface area contributed by atoms with E-state index in [-0.39, 0.29) is 10.2 Å². The number of carbonyl (C=O) groups is 2. The lowest BCUT2D eigenvalue weighted by atomic mass is 9.74. The lowest BCUT2D eigenvalue weighted by molar-refractivity contribution is -0.996. The molecule has 1 aromatic carbocycles. The first-order valence-electron chi connectivity index (χ1n) is 8.64. The highest BCUT2D eigenvalue weighted by Crippen LogP contribution is 2.50. The summed E-state index contributed by atoms with van der Waals surface area (Å²) in [6.45, 7) is 8.65. The van der Waals surface area contributed by atoms with Crippen molar-refractivity contribution >= 4 is 11.9 Å². The zero-order valence-corrected chi connectivity index (χ0v) is 15.5. The van der Waals surface area contributed by atoms with Gasteiger partial charge in [-0.25, -0.2) is 9.59 Å². The van der Waals surface area contributed by atoms with Crippen LogP contribution >= 0.6 is 0 Å². The topological polar surface area (TPSA) is 74.6 Å². The summed E-state index contributed by atoms with van der Waals surface area (Å²) in [4.78, 5) is 23.6. The molecule has 0 radical (unpaired) electrons. The van der Waals surface area contributed by atoms with E-state index in [9.17, 15) is 19.8 Å². The van der Waals surface area contributed by atoms with Gasteiger partial charge in [0.2, 0.25) is 5.70 Å².